The molecule has 0 aromatic carbocycles. The zero-order valence-corrected chi connectivity index (χ0v) is 28.9. The zero-order chi connectivity index (χ0) is 36.2. The van der Waals surface area contributed by atoms with E-state index < -0.39 is 111 Å². The third kappa shape index (κ3) is 3.47. The molecule has 1 spiro atoms. The number of fused-ring (bicyclic) bond motifs is 4. The molecule has 4 saturated carbocycles. The van der Waals surface area contributed by atoms with Gasteiger partial charge in [0.1, 0.15) is 30.0 Å². The van der Waals surface area contributed by atoms with Crippen molar-refractivity contribution in [1.29, 1.82) is 0 Å². The van der Waals surface area contributed by atoms with E-state index in [0.29, 0.717) is 11.1 Å². The molecular weight excluding hydrogens is 660 g/mol. The molecule has 8 rings (SSSR count). The molecular formula is C35H40O15. The second-order valence-corrected chi connectivity index (χ2v) is 15.6. The van der Waals surface area contributed by atoms with Crippen molar-refractivity contribution in [2.75, 3.05) is 7.11 Å². The maximum atomic E-state index is 13.7. The molecule has 6 fully saturated rings. The zero-order valence-electron chi connectivity index (χ0n) is 28.9. The molecule has 50 heavy (non-hydrogen) atoms. The van der Waals surface area contributed by atoms with Gasteiger partial charge >= 0.3 is 29.8 Å². The lowest BCUT2D eigenvalue weighted by molar-refractivity contribution is -0.419. The number of rotatable bonds is 6. The number of ether oxygens (including phenoxy) is 8. The summed E-state index contributed by atoms with van der Waals surface area (Å²) < 4.78 is 55.1. The van der Waals surface area contributed by atoms with Gasteiger partial charge in [-0.25, -0.2) is 9.59 Å². The van der Waals surface area contributed by atoms with Crippen molar-refractivity contribution in [2.45, 2.75) is 115 Å². The summed E-state index contributed by atoms with van der Waals surface area (Å²) >= 11 is 0. The first-order chi connectivity index (χ1) is 23.3. The van der Waals surface area contributed by atoms with Crippen molar-refractivity contribution in [3.05, 3.63) is 35.8 Å². The predicted octanol–water partition coefficient (Wildman–Crippen LogP) is 2.19. The van der Waals surface area contributed by atoms with Gasteiger partial charge < -0.3 is 47.4 Å². The Morgan fingerprint density at radius 1 is 1.00 bits per heavy atom. The van der Waals surface area contributed by atoms with Crippen LogP contribution in [0.25, 0.3) is 0 Å². The summed E-state index contributed by atoms with van der Waals surface area (Å²) in [7, 11) is 1.15. The molecule has 15 nitrogen and oxygen atoms in total. The van der Waals surface area contributed by atoms with Gasteiger partial charge in [0.2, 0.25) is 6.10 Å². The van der Waals surface area contributed by atoms with Gasteiger partial charge in [-0.15, -0.1) is 0 Å². The van der Waals surface area contributed by atoms with Crippen molar-refractivity contribution in [3.63, 3.8) is 0 Å². The number of hydrogen-bond acceptors (Lipinski definition) is 15. The van der Waals surface area contributed by atoms with Gasteiger partial charge in [-0.2, -0.15) is 0 Å². The van der Waals surface area contributed by atoms with E-state index >= 15 is 0 Å². The molecule has 0 amide bonds. The Morgan fingerprint density at radius 2 is 1.70 bits per heavy atom. The van der Waals surface area contributed by atoms with Crippen LogP contribution in [-0.4, -0.2) is 89.3 Å². The van der Waals surface area contributed by atoms with Crippen LogP contribution in [0.1, 0.15) is 73.0 Å². The van der Waals surface area contributed by atoms with Gasteiger partial charge in [0.15, 0.2) is 5.60 Å². The van der Waals surface area contributed by atoms with Gasteiger partial charge in [0.25, 0.3) is 5.97 Å². The molecule has 1 N–H and O–H groups in total. The molecule has 14 atom stereocenters. The summed E-state index contributed by atoms with van der Waals surface area (Å²) in [5.74, 6) is -7.67. The minimum atomic E-state index is -1.84. The van der Waals surface area contributed by atoms with Crippen LogP contribution in [0.5, 0.6) is 0 Å². The van der Waals surface area contributed by atoms with Crippen LogP contribution in [0.4, 0.5) is 0 Å². The first kappa shape index (κ1) is 33.4. The minimum Gasteiger partial charge on any atom is -0.472 e. The number of carbonyl (C=O) groups is 5. The van der Waals surface area contributed by atoms with E-state index in [1.807, 2.05) is 0 Å². The van der Waals surface area contributed by atoms with Crippen LogP contribution >= 0.6 is 0 Å². The Kier molecular flexibility index (Phi) is 6.50. The smallest absolute Gasteiger partial charge is 0.347 e. The topological polar surface area (TPSA) is 193 Å². The highest BCUT2D eigenvalue weighted by Crippen LogP contribution is 2.87. The summed E-state index contributed by atoms with van der Waals surface area (Å²) in [5, 5.41) is 13.3. The standard InChI is InChI=1S/C35H40O15/c1-15(36)44-20-12-34-31(6)24(23(28(40)42-8)45-16(2)37)29(4)14-33(31,41)22(26(29)46-17(3)38)27-35(34,50-32(7,48-27)49-34)19-11-21(39)47-25(30(19,20)5)18-9-10-43-13-18/h9-11,13,20,22-27,41H,12,14H2,1-8H3/t20?,22?,23-,24?,25-,26-,27+,29+,30?,31-,32+,33+,34+,35-/m0/s1. The molecule has 4 bridgehead atoms. The van der Waals surface area contributed by atoms with Gasteiger partial charge in [-0.05, 0) is 25.0 Å². The lowest BCUT2D eigenvalue weighted by Crippen LogP contribution is -2.88. The van der Waals surface area contributed by atoms with E-state index in [1.54, 1.807) is 33.8 Å². The van der Waals surface area contributed by atoms with Crippen molar-refractivity contribution < 1.29 is 71.4 Å². The molecule has 4 aliphatic carbocycles. The van der Waals surface area contributed by atoms with Crippen LogP contribution in [0.2, 0.25) is 0 Å². The number of aliphatic hydroxyl groups is 1. The molecule has 3 aliphatic heterocycles. The molecule has 4 heterocycles. The summed E-state index contributed by atoms with van der Waals surface area (Å²) in [6.07, 6.45) is -1.99. The number of carbonyl (C=O) groups excluding carboxylic acids is 5. The number of cyclic esters (lactones) is 1. The molecule has 0 radical (unpaired) electrons. The third-order valence-corrected chi connectivity index (χ3v) is 13.3. The predicted molar refractivity (Wildman–Crippen MR) is 161 cm³/mol. The molecule has 2 saturated heterocycles. The monoisotopic (exact) mass is 700 g/mol. The highest BCUT2D eigenvalue weighted by Gasteiger charge is 2.99. The van der Waals surface area contributed by atoms with Crippen molar-refractivity contribution in [1.82, 2.24) is 0 Å². The Balaban J connectivity index is 1.47. The van der Waals surface area contributed by atoms with E-state index in [9.17, 15) is 29.1 Å². The fourth-order valence-electron chi connectivity index (χ4n) is 12.1. The quantitative estimate of drug-likeness (QED) is 0.335. The number of furan rings is 1. The van der Waals surface area contributed by atoms with E-state index in [0.717, 1.165) is 14.0 Å². The second-order valence-electron chi connectivity index (χ2n) is 15.6. The Hall–Kier alpha value is -3.79. The fraction of sp³-hybridized carbons (Fsp3) is 0.686. The lowest BCUT2D eigenvalue weighted by atomic mass is 9.35. The first-order valence-corrected chi connectivity index (χ1v) is 16.6. The Morgan fingerprint density at radius 3 is 2.30 bits per heavy atom. The second kappa shape index (κ2) is 9.75. The average molecular weight is 701 g/mol. The van der Waals surface area contributed by atoms with Crippen molar-refractivity contribution in [3.8, 4) is 0 Å². The highest BCUT2D eigenvalue weighted by atomic mass is 16.9. The molecule has 4 unspecified atom stereocenters. The number of esters is 5. The maximum absolute atomic E-state index is 13.7. The molecule has 15 heteroatoms. The molecule has 7 aliphatic rings. The van der Waals surface area contributed by atoms with Gasteiger partial charge in [0, 0.05) is 62.5 Å². The van der Waals surface area contributed by atoms with Crippen molar-refractivity contribution in [2.24, 2.45) is 28.1 Å². The average Bonchev–Trinajstić information content (AvgIpc) is 3.78. The number of hydrogen-bond donors (Lipinski definition) is 1. The fourth-order valence-corrected chi connectivity index (χ4v) is 12.1. The third-order valence-electron chi connectivity index (χ3n) is 13.3. The number of methoxy groups -OCH3 is 1. The molecule has 1 aromatic heterocycles. The van der Waals surface area contributed by atoms with Crippen LogP contribution in [0.15, 0.2) is 34.7 Å². The van der Waals surface area contributed by atoms with E-state index in [1.165, 1.54) is 32.4 Å². The van der Waals surface area contributed by atoms with Crippen LogP contribution < -0.4 is 0 Å². The lowest BCUT2D eigenvalue weighted by Gasteiger charge is -2.74. The van der Waals surface area contributed by atoms with Gasteiger partial charge in [-0.1, -0.05) is 13.8 Å². The van der Waals surface area contributed by atoms with Gasteiger partial charge in [0.05, 0.1) is 36.6 Å². The molecule has 1 aromatic rings. The van der Waals surface area contributed by atoms with E-state index in [4.69, 9.17) is 42.3 Å². The molecule has 270 valence electrons. The minimum absolute atomic E-state index is 0.0372. The normalized spacial score (nSPS) is 49.2. The van der Waals surface area contributed by atoms with E-state index in [-0.39, 0.29) is 12.8 Å². The van der Waals surface area contributed by atoms with E-state index in [2.05, 4.69) is 0 Å². The SMILES string of the molecule is COC(=O)[C@@H](OC(C)=O)C1[C@]2(C)[C@]34CC(OC(C)=O)C5(C)C(=CC(=O)O[C@H]5c5ccoc5)[C@@]35O[C@](C)(O[C@@H]5C3[C@H](OC(C)=O)[C@]1(C)C[C@@]32O)O4. The summed E-state index contributed by atoms with van der Waals surface area (Å²) in [5.41, 5.74) is -8.73. The summed E-state index contributed by atoms with van der Waals surface area (Å²) in [6, 6.07) is 1.64. The highest BCUT2D eigenvalue weighted by molar-refractivity contribution is 5.86. The Labute approximate surface area is 286 Å². The Bertz CT molecular complexity index is 1770. The van der Waals surface area contributed by atoms with Crippen LogP contribution in [0, 0.1) is 28.1 Å². The largest absolute Gasteiger partial charge is 0.472 e. The maximum Gasteiger partial charge on any atom is 0.347 e. The van der Waals surface area contributed by atoms with Crippen LogP contribution in [-0.2, 0) is 61.9 Å². The summed E-state index contributed by atoms with van der Waals surface area (Å²) in [4.78, 5) is 65.9. The summed E-state index contributed by atoms with van der Waals surface area (Å²) in [6.45, 7) is 10.5. The van der Waals surface area contributed by atoms with Crippen molar-refractivity contribution >= 4 is 29.8 Å². The van der Waals surface area contributed by atoms with Gasteiger partial charge in [-0.3, -0.25) is 14.4 Å². The first-order valence-electron chi connectivity index (χ1n) is 16.6. The van der Waals surface area contributed by atoms with Crippen LogP contribution in [0.3, 0.4) is 0 Å².